The summed E-state index contributed by atoms with van der Waals surface area (Å²) >= 11 is 1.39. The number of carbonyl (C=O) groups is 2. The summed E-state index contributed by atoms with van der Waals surface area (Å²) in [6.07, 6.45) is 0. The molecule has 1 fully saturated rings. The third-order valence-corrected chi connectivity index (χ3v) is 4.99. The number of carbonyl (C=O) groups excluding carboxylic acids is 2. The first kappa shape index (κ1) is 15.3. The maximum Gasteiger partial charge on any atom is 0.274 e. The van der Waals surface area contributed by atoms with Crippen molar-refractivity contribution in [3.05, 3.63) is 33.5 Å². The summed E-state index contributed by atoms with van der Waals surface area (Å²) in [6.45, 7) is 3.10. The van der Waals surface area contributed by atoms with E-state index >= 15 is 0 Å². The van der Waals surface area contributed by atoms with Gasteiger partial charge in [0.25, 0.3) is 11.8 Å². The zero-order chi connectivity index (χ0) is 16.7. The number of rotatable bonds is 2. The number of aryl methyl sites for hydroxylation is 1. The van der Waals surface area contributed by atoms with E-state index in [0.717, 1.165) is 11.3 Å². The molecule has 4 rings (SSSR count). The summed E-state index contributed by atoms with van der Waals surface area (Å²) in [4.78, 5) is 32.8. The Morgan fingerprint density at radius 1 is 1.17 bits per heavy atom. The highest BCUT2D eigenvalue weighted by Gasteiger charge is 2.34. The zero-order valence-electron chi connectivity index (χ0n) is 13.3. The minimum Gasteiger partial charge on any atom is -0.378 e. The molecule has 0 unspecified atom stereocenters. The maximum atomic E-state index is 12.8. The molecule has 0 aromatic carbocycles. The molecule has 0 bridgehead atoms. The fourth-order valence-electron chi connectivity index (χ4n) is 3.11. The number of thiazole rings is 1. The lowest BCUT2D eigenvalue weighted by Crippen LogP contribution is -2.41. The molecule has 0 radical (unpaired) electrons. The van der Waals surface area contributed by atoms with E-state index in [-0.39, 0.29) is 11.8 Å². The SMILES string of the molecule is Cn1nc(C(=O)N2CCOCC2)c2c1CN(C(=O)c1cscn1)C2. The van der Waals surface area contributed by atoms with E-state index in [1.54, 1.807) is 25.4 Å². The molecule has 1 saturated heterocycles. The van der Waals surface area contributed by atoms with Gasteiger partial charge in [-0.05, 0) is 0 Å². The van der Waals surface area contributed by atoms with E-state index in [4.69, 9.17) is 4.74 Å². The third-order valence-electron chi connectivity index (χ3n) is 4.40. The predicted molar refractivity (Wildman–Crippen MR) is 85.6 cm³/mol. The van der Waals surface area contributed by atoms with E-state index in [1.165, 1.54) is 11.3 Å². The van der Waals surface area contributed by atoms with Gasteiger partial charge in [-0.15, -0.1) is 11.3 Å². The van der Waals surface area contributed by atoms with Gasteiger partial charge < -0.3 is 14.5 Å². The van der Waals surface area contributed by atoms with Gasteiger partial charge in [0.15, 0.2) is 5.69 Å². The normalized spacial score (nSPS) is 17.2. The largest absolute Gasteiger partial charge is 0.378 e. The quantitative estimate of drug-likeness (QED) is 0.790. The van der Waals surface area contributed by atoms with Crippen LogP contribution in [0.15, 0.2) is 10.9 Å². The Bertz CT molecular complexity index is 779. The second-order valence-corrected chi connectivity index (χ2v) is 6.56. The number of hydrogen-bond acceptors (Lipinski definition) is 6. The molecule has 8 nitrogen and oxygen atoms in total. The highest BCUT2D eigenvalue weighted by molar-refractivity contribution is 7.07. The molecule has 2 aromatic rings. The molecule has 0 N–H and O–H groups in total. The molecule has 0 atom stereocenters. The van der Waals surface area contributed by atoms with Crippen molar-refractivity contribution in [1.29, 1.82) is 0 Å². The van der Waals surface area contributed by atoms with Crippen molar-refractivity contribution < 1.29 is 14.3 Å². The van der Waals surface area contributed by atoms with Crippen molar-refractivity contribution in [2.75, 3.05) is 26.3 Å². The fraction of sp³-hybridized carbons (Fsp3) is 0.467. The van der Waals surface area contributed by atoms with Gasteiger partial charge in [-0.2, -0.15) is 5.10 Å². The van der Waals surface area contributed by atoms with E-state index in [2.05, 4.69) is 10.1 Å². The Balaban J connectivity index is 1.58. The van der Waals surface area contributed by atoms with Crippen LogP contribution in [-0.2, 0) is 24.9 Å². The average Bonchev–Trinajstić information content (AvgIpc) is 3.33. The monoisotopic (exact) mass is 347 g/mol. The van der Waals surface area contributed by atoms with Crippen LogP contribution in [0.5, 0.6) is 0 Å². The van der Waals surface area contributed by atoms with Crippen LogP contribution in [0.2, 0.25) is 0 Å². The molecule has 2 amide bonds. The summed E-state index contributed by atoms with van der Waals surface area (Å²) in [5.74, 6) is -0.199. The second-order valence-electron chi connectivity index (χ2n) is 5.84. The van der Waals surface area contributed by atoms with Gasteiger partial charge >= 0.3 is 0 Å². The van der Waals surface area contributed by atoms with Gasteiger partial charge in [0.2, 0.25) is 0 Å². The van der Waals surface area contributed by atoms with E-state index in [1.807, 2.05) is 7.05 Å². The van der Waals surface area contributed by atoms with Crippen LogP contribution in [-0.4, -0.2) is 62.7 Å². The zero-order valence-corrected chi connectivity index (χ0v) is 14.1. The molecule has 9 heteroatoms. The predicted octanol–water partition coefficient (Wildman–Crippen LogP) is 0.505. The minimum atomic E-state index is -0.114. The first-order valence-electron chi connectivity index (χ1n) is 7.74. The highest BCUT2D eigenvalue weighted by Crippen LogP contribution is 2.27. The topological polar surface area (TPSA) is 80.6 Å². The Morgan fingerprint density at radius 3 is 2.67 bits per heavy atom. The van der Waals surface area contributed by atoms with Crippen molar-refractivity contribution in [2.45, 2.75) is 13.1 Å². The van der Waals surface area contributed by atoms with Gasteiger partial charge in [-0.25, -0.2) is 4.98 Å². The second kappa shape index (κ2) is 5.99. The standard InChI is InChI=1S/C15H17N5O3S/c1-18-12-7-20(14(21)11-8-24-9-16-11)6-10(12)13(17-18)15(22)19-2-4-23-5-3-19/h8-9H,2-7H2,1H3. The Morgan fingerprint density at radius 2 is 1.96 bits per heavy atom. The summed E-state index contributed by atoms with van der Waals surface area (Å²) in [7, 11) is 1.81. The van der Waals surface area contributed by atoms with Crippen LogP contribution in [0, 0.1) is 0 Å². The van der Waals surface area contributed by atoms with Crippen molar-refractivity contribution in [3.8, 4) is 0 Å². The van der Waals surface area contributed by atoms with E-state index < -0.39 is 0 Å². The number of fused-ring (bicyclic) bond motifs is 1. The molecular formula is C15H17N5O3S. The van der Waals surface area contributed by atoms with Crippen molar-refractivity contribution in [1.82, 2.24) is 24.6 Å². The van der Waals surface area contributed by atoms with Crippen molar-refractivity contribution >= 4 is 23.2 Å². The maximum absolute atomic E-state index is 12.8. The van der Waals surface area contributed by atoms with Gasteiger partial charge in [0, 0.05) is 31.1 Å². The number of aromatic nitrogens is 3. The molecule has 24 heavy (non-hydrogen) atoms. The third kappa shape index (κ3) is 2.49. The molecule has 0 aliphatic carbocycles. The number of amides is 2. The minimum absolute atomic E-state index is 0.0851. The smallest absolute Gasteiger partial charge is 0.274 e. The molecule has 2 aliphatic rings. The highest BCUT2D eigenvalue weighted by atomic mass is 32.1. The van der Waals surface area contributed by atoms with Gasteiger partial charge in [-0.1, -0.05) is 0 Å². The average molecular weight is 347 g/mol. The summed E-state index contributed by atoms with van der Waals surface area (Å²) < 4.78 is 7.00. The summed E-state index contributed by atoms with van der Waals surface area (Å²) in [5.41, 5.74) is 4.29. The molecule has 2 aliphatic heterocycles. The molecule has 0 spiro atoms. The van der Waals surface area contributed by atoms with Crippen LogP contribution >= 0.6 is 11.3 Å². The van der Waals surface area contributed by atoms with Crippen LogP contribution in [0.4, 0.5) is 0 Å². The van der Waals surface area contributed by atoms with E-state index in [9.17, 15) is 9.59 Å². The number of nitrogens with zero attached hydrogens (tertiary/aromatic N) is 5. The lowest BCUT2D eigenvalue weighted by molar-refractivity contribution is 0.0297. The molecule has 4 heterocycles. The van der Waals surface area contributed by atoms with E-state index in [0.29, 0.717) is 50.8 Å². The van der Waals surface area contributed by atoms with Gasteiger partial charge in [0.05, 0.1) is 37.5 Å². The summed E-state index contributed by atoms with van der Waals surface area (Å²) in [5, 5.41) is 6.14. The van der Waals surface area contributed by atoms with Crippen LogP contribution in [0.25, 0.3) is 0 Å². The number of ether oxygens (including phenoxy) is 1. The lowest BCUT2D eigenvalue weighted by Gasteiger charge is -2.26. The molecule has 0 saturated carbocycles. The van der Waals surface area contributed by atoms with Gasteiger partial charge in [-0.3, -0.25) is 14.3 Å². The first-order valence-corrected chi connectivity index (χ1v) is 8.68. The number of morpholine rings is 1. The van der Waals surface area contributed by atoms with Crippen LogP contribution in [0.3, 0.4) is 0 Å². The molecular weight excluding hydrogens is 330 g/mol. The Hall–Kier alpha value is -2.26. The van der Waals surface area contributed by atoms with Crippen LogP contribution < -0.4 is 0 Å². The Kier molecular flexibility index (Phi) is 3.81. The molecule has 126 valence electrons. The number of hydrogen-bond donors (Lipinski definition) is 0. The summed E-state index contributed by atoms with van der Waals surface area (Å²) in [6, 6.07) is 0. The fourth-order valence-corrected chi connectivity index (χ4v) is 3.63. The first-order chi connectivity index (χ1) is 11.6. The van der Waals surface area contributed by atoms with Gasteiger partial charge in [0.1, 0.15) is 5.69 Å². The lowest BCUT2D eigenvalue weighted by atomic mass is 10.2. The van der Waals surface area contributed by atoms with Crippen molar-refractivity contribution in [3.63, 3.8) is 0 Å². The Labute approximate surface area is 142 Å². The van der Waals surface area contributed by atoms with Crippen molar-refractivity contribution in [2.24, 2.45) is 7.05 Å². The molecule has 2 aromatic heterocycles. The van der Waals surface area contributed by atoms with Crippen LogP contribution in [0.1, 0.15) is 32.2 Å².